The molecule has 0 bridgehead atoms. The summed E-state index contributed by atoms with van der Waals surface area (Å²) in [5.74, 6) is 5.71. The van der Waals surface area contributed by atoms with Crippen molar-refractivity contribution in [3.05, 3.63) is 33.8 Å². The second-order valence-corrected chi connectivity index (χ2v) is 3.54. The van der Waals surface area contributed by atoms with Crippen LogP contribution in [0.2, 0.25) is 0 Å². The second kappa shape index (κ2) is 4.25. The van der Waals surface area contributed by atoms with Crippen molar-refractivity contribution >= 4 is 21.7 Å². The highest BCUT2D eigenvalue weighted by atomic mass is 79.9. The van der Waals surface area contributed by atoms with Gasteiger partial charge in [-0.3, -0.25) is 4.79 Å². The monoisotopic (exact) mass is 236 g/mol. The van der Waals surface area contributed by atoms with Gasteiger partial charge in [0.05, 0.1) is 0 Å². The number of halogens is 1. The second-order valence-electron chi connectivity index (χ2n) is 2.62. The van der Waals surface area contributed by atoms with Crippen LogP contribution in [0.5, 0.6) is 0 Å². The van der Waals surface area contributed by atoms with Gasteiger partial charge in [-0.2, -0.15) is 0 Å². The lowest BCUT2D eigenvalue weighted by molar-refractivity contribution is 0.101. The van der Waals surface area contributed by atoms with Crippen LogP contribution in [-0.2, 0) is 0 Å². The predicted octanol–water partition coefficient (Wildman–Crippen LogP) is 3.02. The standard InChI is InChI=1S/C11H9BrO/c1-3-4-9-5-6-10(12)7-11(9)8(2)13/h5-7H,1-2H3. The Morgan fingerprint density at radius 1 is 1.46 bits per heavy atom. The molecule has 0 aliphatic heterocycles. The molecule has 1 rings (SSSR count). The van der Waals surface area contributed by atoms with Gasteiger partial charge in [0.1, 0.15) is 0 Å². The highest BCUT2D eigenvalue weighted by molar-refractivity contribution is 9.10. The molecular formula is C11H9BrO. The number of carbonyl (C=O) groups is 1. The average Bonchev–Trinajstić information content (AvgIpc) is 2.08. The fourth-order valence-corrected chi connectivity index (χ4v) is 1.41. The first kappa shape index (κ1) is 10.0. The zero-order valence-electron chi connectivity index (χ0n) is 7.52. The summed E-state index contributed by atoms with van der Waals surface area (Å²) in [7, 11) is 0. The molecule has 0 amide bonds. The van der Waals surface area contributed by atoms with E-state index in [9.17, 15) is 4.79 Å². The molecule has 0 aromatic heterocycles. The summed E-state index contributed by atoms with van der Waals surface area (Å²) < 4.78 is 0.902. The highest BCUT2D eigenvalue weighted by Gasteiger charge is 2.05. The van der Waals surface area contributed by atoms with Crippen LogP contribution < -0.4 is 0 Å². The Labute approximate surface area is 86.3 Å². The average molecular weight is 237 g/mol. The Morgan fingerprint density at radius 3 is 2.69 bits per heavy atom. The third-order valence-electron chi connectivity index (χ3n) is 1.62. The molecule has 13 heavy (non-hydrogen) atoms. The van der Waals surface area contributed by atoms with E-state index in [1.54, 1.807) is 19.9 Å². The number of Topliss-reactive ketones (excluding diaryl/α,β-unsaturated/α-hetero) is 1. The molecule has 0 radical (unpaired) electrons. The molecule has 1 nitrogen and oxygen atoms in total. The molecular weight excluding hydrogens is 228 g/mol. The fourth-order valence-electron chi connectivity index (χ4n) is 1.05. The fraction of sp³-hybridized carbons (Fsp3) is 0.182. The van der Waals surface area contributed by atoms with Gasteiger partial charge in [0.25, 0.3) is 0 Å². The summed E-state index contributed by atoms with van der Waals surface area (Å²) in [6.07, 6.45) is 0. The number of carbonyl (C=O) groups excluding carboxylic acids is 1. The Bertz CT molecular complexity index is 396. The number of hydrogen-bond acceptors (Lipinski definition) is 1. The van der Waals surface area contributed by atoms with Gasteiger partial charge in [-0.25, -0.2) is 0 Å². The lowest BCUT2D eigenvalue weighted by Crippen LogP contribution is -1.96. The minimum absolute atomic E-state index is 0.0408. The van der Waals surface area contributed by atoms with Crippen molar-refractivity contribution in [3.63, 3.8) is 0 Å². The van der Waals surface area contributed by atoms with Crippen LogP contribution in [0.1, 0.15) is 29.8 Å². The van der Waals surface area contributed by atoms with Gasteiger partial charge in [-0.1, -0.05) is 21.9 Å². The summed E-state index contributed by atoms with van der Waals surface area (Å²) in [5, 5.41) is 0. The maximum absolute atomic E-state index is 11.2. The quantitative estimate of drug-likeness (QED) is 0.542. The van der Waals surface area contributed by atoms with Crippen molar-refractivity contribution in [3.8, 4) is 11.8 Å². The van der Waals surface area contributed by atoms with Crippen molar-refractivity contribution < 1.29 is 4.79 Å². The minimum Gasteiger partial charge on any atom is -0.294 e. The van der Waals surface area contributed by atoms with Crippen LogP contribution in [0.15, 0.2) is 22.7 Å². The zero-order chi connectivity index (χ0) is 9.84. The summed E-state index contributed by atoms with van der Waals surface area (Å²) in [6, 6.07) is 5.52. The van der Waals surface area contributed by atoms with Crippen LogP contribution in [0.25, 0.3) is 0 Å². The zero-order valence-corrected chi connectivity index (χ0v) is 9.10. The van der Waals surface area contributed by atoms with Gasteiger partial charge >= 0.3 is 0 Å². The van der Waals surface area contributed by atoms with E-state index in [0.717, 1.165) is 10.0 Å². The van der Waals surface area contributed by atoms with Crippen molar-refractivity contribution in [2.24, 2.45) is 0 Å². The van der Waals surface area contributed by atoms with Crippen LogP contribution in [0.4, 0.5) is 0 Å². The molecule has 0 heterocycles. The minimum atomic E-state index is 0.0408. The molecule has 0 fully saturated rings. The first-order valence-corrected chi connectivity index (χ1v) is 4.67. The summed E-state index contributed by atoms with van der Waals surface area (Å²) in [6.45, 7) is 3.30. The van der Waals surface area contributed by atoms with E-state index in [0.29, 0.717) is 5.56 Å². The van der Waals surface area contributed by atoms with Crippen molar-refractivity contribution in [2.75, 3.05) is 0 Å². The molecule has 0 unspecified atom stereocenters. The van der Waals surface area contributed by atoms with Crippen molar-refractivity contribution in [2.45, 2.75) is 13.8 Å². The number of rotatable bonds is 1. The molecule has 66 valence electrons. The van der Waals surface area contributed by atoms with Crippen LogP contribution in [0, 0.1) is 11.8 Å². The predicted molar refractivity (Wildman–Crippen MR) is 56.7 cm³/mol. The van der Waals surface area contributed by atoms with Gasteiger partial charge in [0.2, 0.25) is 0 Å². The lowest BCUT2D eigenvalue weighted by Gasteiger charge is -2.00. The van der Waals surface area contributed by atoms with Crippen LogP contribution in [-0.4, -0.2) is 5.78 Å². The van der Waals surface area contributed by atoms with Gasteiger partial charge in [0.15, 0.2) is 5.78 Å². The first-order chi connectivity index (χ1) is 6.15. The van der Waals surface area contributed by atoms with E-state index < -0.39 is 0 Å². The van der Waals surface area contributed by atoms with Crippen LogP contribution in [0.3, 0.4) is 0 Å². The molecule has 1 aromatic carbocycles. The van der Waals surface area contributed by atoms with E-state index in [-0.39, 0.29) is 5.78 Å². The van der Waals surface area contributed by atoms with E-state index in [1.165, 1.54) is 0 Å². The van der Waals surface area contributed by atoms with E-state index in [2.05, 4.69) is 27.8 Å². The first-order valence-electron chi connectivity index (χ1n) is 3.88. The third-order valence-corrected chi connectivity index (χ3v) is 2.11. The molecule has 0 spiro atoms. The molecule has 1 aromatic rings. The van der Waals surface area contributed by atoms with E-state index >= 15 is 0 Å². The van der Waals surface area contributed by atoms with Gasteiger partial charge in [0, 0.05) is 15.6 Å². The van der Waals surface area contributed by atoms with E-state index in [1.807, 2.05) is 12.1 Å². The topological polar surface area (TPSA) is 17.1 Å². The number of hydrogen-bond donors (Lipinski definition) is 0. The molecule has 0 aliphatic carbocycles. The SMILES string of the molecule is CC#Cc1ccc(Br)cc1C(C)=O. The molecule has 0 N–H and O–H groups in total. The normalized spacial score (nSPS) is 8.85. The smallest absolute Gasteiger partial charge is 0.161 e. The van der Waals surface area contributed by atoms with Gasteiger partial charge < -0.3 is 0 Å². The molecule has 0 atom stereocenters. The Balaban J connectivity index is 3.32. The van der Waals surface area contributed by atoms with E-state index in [4.69, 9.17) is 0 Å². The Hall–Kier alpha value is -1.07. The summed E-state index contributed by atoms with van der Waals surface area (Å²) >= 11 is 3.32. The molecule has 2 heteroatoms. The highest BCUT2D eigenvalue weighted by Crippen LogP contribution is 2.16. The molecule has 0 saturated heterocycles. The summed E-state index contributed by atoms with van der Waals surface area (Å²) in [4.78, 5) is 11.2. The Kier molecular flexibility index (Phi) is 3.27. The maximum Gasteiger partial charge on any atom is 0.161 e. The maximum atomic E-state index is 11.2. The summed E-state index contributed by atoms with van der Waals surface area (Å²) in [5.41, 5.74) is 1.46. The van der Waals surface area contributed by atoms with Crippen molar-refractivity contribution in [1.82, 2.24) is 0 Å². The van der Waals surface area contributed by atoms with Gasteiger partial charge in [-0.05, 0) is 32.0 Å². The molecule has 0 aliphatic rings. The van der Waals surface area contributed by atoms with Gasteiger partial charge in [-0.15, -0.1) is 5.92 Å². The van der Waals surface area contributed by atoms with Crippen LogP contribution >= 0.6 is 15.9 Å². The lowest BCUT2D eigenvalue weighted by atomic mass is 10.1. The number of ketones is 1. The molecule has 0 saturated carbocycles. The third kappa shape index (κ3) is 2.43. The number of benzene rings is 1. The van der Waals surface area contributed by atoms with Crippen molar-refractivity contribution in [1.29, 1.82) is 0 Å². The Morgan fingerprint density at radius 2 is 2.15 bits per heavy atom. The largest absolute Gasteiger partial charge is 0.294 e.